The summed E-state index contributed by atoms with van der Waals surface area (Å²) in [6, 6.07) is 6.92. The second kappa shape index (κ2) is 8.48. The van der Waals surface area contributed by atoms with Gasteiger partial charge in [-0.05, 0) is 43.7 Å². The highest BCUT2D eigenvalue weighted by Crippen LogP contribution is 2.15. The van der Waals surface area contributed by atoms with Crippen molar-refractivity contribution in [2.24, 2.45) is 0 Å². The van der Waals surface area contributed by atoms with E-state index < -0.39 is 0 Å². The first-order chi connectivity index (χ1) is 12.6. The molecule has 0 aliphatic carbocycles. The molecule has 1 aromatic heterocycles. The third kappa shape index (κ3) is 4.82. The van der Waals surface area contributed by atoms with Crippen LogP contribution in [0.3, 0.4) is 0 Å². The highest BCUT2D eigenvalue weighted by molar-refractivity contribution is 5.94. The number of nitrogens with zero attached hydrogens (tertiary/aromatic N) is 2. The number of piperidine rings is 1. The molecule has 0 spiro atoms. The largest absolute Gasteiger partial charge is 0.497 e. The second-order valence-corrected chi connectivity index (χ2v) is 6.20. The van der Waals surface area contributed by atoms with Gasteiger partial charge in [-0.25, -0.2) is 0 Å². The molecule has 2 heterocycles. The smallest absolute Gasteiger partial charge is 0.246 e. The molecular formula is C18H23N5O3. The van der Waals surface area contributed by atoms with E-state index in [1.54, 1.807) is 43.8 Å². The van der Waals surface area contributed by atoms with E-state index >= 15 is 0 Å². The van der Waals surface area contributed by atoms with E-state index in [1.807, 2.05) is 0 Å². The number of carbonyl (C=O) groups is 2. The number of aromatic nitrogens is 2. The first-order valence-electron chi connectivity index (χ1n) is 8.64. The third-order valence-corrected chi connectivity index (χ3v) is 4.21. The molecule has 3 N–H and O–H groups in total. The molecule has 1 aromatic carbocycles. The zero-order valence-corrected chi connectivity index (χ0v) is 14.7. The van der Waals surface area contributed by atoms with Gasteiger partial charge in [0.15, 0.2) is 0 Å². The second-order valence-electron chi connectivity index (χ2n) is 6.20. The average Bonchev–Trinajstić information content (AvgIpc) is 3.09. The Labute approximate surface area is 151 Å². The average molecular weight is 357 g/mol. The van der Waals surface area contributed by atoms with Gasteiger partial charge in [-0.3, -0.25) is 14.3 Å². The number of ether oxygens (including phenoxy) is 1. The molecular weight excluding hydrogens is 334 g/mol. The molecule has 1 aliphatic rings. The van der Waals surface area contributed by atoms with Crippen molar-refractivity contribution in [1.29, 1.82) is 0 Å². The molecule has 1 saturated heterocycles. The van der Waals surface area contributed by atoms with Gasteiger partial charge in [0.05, 0.1) is 25.0 Å². The number of hydrogen-bond acceptors (Lipinski definition) is 5. The summed E-state index contributed by atoms with van der Waals surface area (Å²) in [5.74, 6) is 0.458. The van der Waals surface area contributed by atoms with Crippen molar-refractivity contribution in [3.63, 3.8) is 0 Å². The van der Waals surface area contributed by atoms with E-state index in [1.165, 1.54) is 4.68 Å². The van der Waals surface area contributed by atoms with E-state index in [9.17, 15) is 9.59 Å². The third-order valence-electron chi connectivity index (χ3n) is 4.21. The Morgan fingerprint density at radius 3 is 2.73 bits per heavy atom. The standard InChI is InChI=1S/C18H23N5O3/c1-26-15-7-5-13(6-8-15)21-17(24)12-23-11-14(10-20-23)22-18(25)16-4-2-3-9-19-16/h5-8,10-11,16,19H,2-4,9,12H2,1H3,(H,21,24)(H,22,25). The fourth-order valence-electron chi connectivity index (χ4n) is 2.84. The minimum absolute atomic E-state index is 0.0591. The summed E-state index contributed by atoms with van der Waals surface area (Å²) in [6.45, 7) is 0.923. The lowest BCUT2D eigenvalue weighted by molar-refractivity contribution is -0.118. The lowest BCUT2D eigenvalue weighted by Gasteiger charge is -2.22. The highest BCUT2D eigenvalue weighted by atomic mass is 16.5. The van der Waals surface area contributed by atoms with E-state index in [2.05, 4.69) is 21.0 Å². The zero-order valence-electron chi connectivity index (χ0n) is 14.7. The molecule has 138 valence electrons. The topological polar surface area (TPSA) is 97.3 Å². The number of anilines is 2. The summed E-state index contributed by atoms with van der Waals surface area (Å²) < 4.78 is 6.57. The lowest BCUT2D eigenvalue weighted by atomic mass is 10.0. The number of methoxy groups -OCH3 is 1. The maximum absolute atomic E-state index is 12.2. The van der Waals surface area contributed by atoms with Crippen molar-refractivity contribution in [2.75, 3.05) is 24.3 Å². The van der Waals surface area contributed by atoms with Gasteiger partial charge in [-0.1, -0.05) is 6.42 Å². The Kier molecular flexibility index (Phi) is 5.85. The quantitative estimate of drug-likeness (QED) is 0.730. The molecule has 8 heteroatoms. The lowest BCUT2D eigenvalue weighted by Crippen LogP contribution is -2.43. The predicted molar refractivity (Wildman–Crippen MR) is 98.1 cm³/mol. The normalized spacial score (nSPS) is 16.7. The molecule has 3 rings (SSSR count). The first kappa shape index (κ1) is 17.9. The summed E-state index contributed by atoms with van der Waals surface area (Å²) in [4.78, 5) is 24.3. The van der Waals surface area contributed by atoms with Crippen molar-refractivity contribution in [3.8, 4) is 5.75 Å². The number of hydrogen-bond donors (Lipinski definition) is 3. The molecule has 2 aromatic rings. The molecule has 0 saturated carbocycles. The number of nitrogens with one attached hydrogen (secondary N) is 3. The van der Waals surface area contributed by atoms with Crippen LogP contribution >= 0.6 is 0 Å². The van der Waals surface area contributed by atoms with Crippen LogP contribution in [-0.4, -0.2) is 41.3 Å². The van der Waals surface area contributed by atoms with Gasteiger partial charge < -0.3 is 20.7 Å². The Hall–Kier alpha value is -2.87. The fourth-order valence-corrected chi connectivity index (χ4v) is 2.84. The maximum Gasteiger partial charge on any atom is 0.246 e. The molecule has 26 heavy (non-hydrogen) atoms. The van der Waals surface area contributed by atoms with E-state index in [-0.39, 0.29) is 24.4 Å². The molecule has 1 atom stereocenters. The molecule has 8 nitrogen and oxygen atoms in total. The van der Waals surface area contributed by atoms with Gasteiger partial charge in [-0.15, -0.1) is 0 Å². The zero-order chi connectivity index (χ0) is 18.4. The SMILES string of the molecule is COc1ccc(NC(=O)Cn2cc(NC(=O)C3CCCCN3)cn2)cc1. The van der Waals surface area contributed by atoms with E-state index in [4.69, 9.17) is 4.74 Å². The van der Waals surface area contributed by atoms with E-state index in [0.29, 0.717) is 11.4 Å². The van der Waals surface area contributed by atoms with Crippen LogP contribution in [0, 0.1) is 0 Å². The summed E-state index contributed by atoms with van der Waals surface area (Å²) >= 11 is 0. The van der Waals surface area contributed by atoms with Gasteiger partial charge in [0.1, 0.15) is 12.3 Å². The van der Waals surface area contributed by atoms with Crippen molar-refractivity contribution in [2.45, 2.75) is 31.8 Å². The summed E-state index contributed by atoms with van der Waals surface area (Å²) in [5, 5.41) is 13.0. The van der Waals surface area contributed by atoms with Crippen LogP contribution in [-0.2, 0) is 16.1 Å². The van der Waals surface area contributed by atoms with Crippen molar-refractivity contribution in [3.05, 3.63) is 36.7 Å². The first-order valence-corrected chi connectivity index (χ1v) is 8.64. The fraction of sp³-hybridized carbons (Fsp3) is 0.389. The molecule has 0 radical (unpaired) electrons. The Balaban J connectivity index is 1.50. The van der Waals surface area contributed by atoms with Crippen LogP contribution in [0.4, 0.5) is 11.4 Å². The van der Waals surface area contributed by atoms with Gasteiger partial charge >= 0.3 is 0 Å². The summed E-state index contributed by atoms with van der Waals surface area (Å²) in [7, 11) is 1.59. The molecule has 1 unspecified atom stereocenters. The van der Waals surface area contributed by atoms with Crippen LogP contribution < -0.4 is 20.7 Å². The Bertz CT molecular complexity index is 750. The number of benzene rings is 1. The van der Waals surface area contributed by atoms with Gasteiger partial charge in [0, 0.05) is 11.9 Å². The van der Waals surface area contributed by atoms with Gasteiger partial charge in [0.25, 0.3) is 0 Å². The highest BCUT2D eigenvalue weighted by Gasteiger charge is 2.20. The van der Waals surface area contributed by atoms with Crippen LogP contribution in [0.2, 0.25) is 0 Å². The molecule has 2 amide bonds. The number of carbonyl (C=O) groups excluding carboxylic acids is 2. The van der Waals surface area contributed by atoms with Crippen LogP contribution in [0.25, 0.3) is 0 Å². The molecule has 1 aliphatic heterocycles. The minimum atomic E-state index is -0.204. The maximum atomic E-state index is 12.2. The van der Waals surface area contributed by atoms with Crippen LogP contribution in [0.5, 0.6) is 5.75 Å². The van der Waals surface area contributed by atoms with E-state index in [0.717, 1.165) is 31.6 Å². The van der Waals surface area contributed by atoms with Gasteiger partial charge in [0.2, 0.25) is 11.8 Å². The number of rotatable bonds is 6. The summed E-state index contributed by atoms with van der Waals surface area (Å²) in [6.07, 6.45) is 6.18. The number of amides is 2. The predicted octanol–water partition coefficient (Wildman–Crippen LogP) is 1.61. The Morgan fingerprint density at radius 1 is 1.23 bits per heavy atom. The molecule has 0 bridgehead atoms. The van der Waals surface area contributed by atoms with Crippen molar-refractivity contribution < 1.29 is 14.3 Å². The minimum Gasteiger partial charge on any atom is -0.497 e. The van der Waals surface area contributed by atoms with Crippen molar-refractivity contribution >= 4 is 23.2 Å². The van der Waals surface area contributed by atoms with Crippen LogP contribution in [0.1, 0.15) is 19.3 Å². The Morgan fingerprint density at radius 2 is 2.04 bits per heavy atom. The molecule has 1 fully saturated rings. The van der Waals surface area contributed by atoms with Crippen LogP contribution in [0.15, 0.2) is 36.7 Å². The van der Waals surface area contributed by atoms with Crippen molar-refractivity contribution in [1.82, 2.24) is 15.1 Å². The summed E-state index contributed by atoms with van der Waals surface area (Å²) in [5.41, 5.74) is 1.26. The van der Waals surface area contributed by atoms with Gasteiger partial charge in [-0.2, -0.15) is 5.10 Å². The monoisotopic (exact) mass is 357 g/mol.